The normalized spacial score (nSPS) is 18.4. The Balaban J connectivity index is 1.43. The number of alkyl halides is 3. The Kier molecular flexibility index (Phi) is 4.83. The maximum Gasteiger partial charge on any atom is 0.416 e. The predicted molar refractivity (Wildman–Crippen MR) is 101 cm³/mol. The molecule has 2 aliphatic rings. The third kappa shape index (κ3) is 3.88. The molecule has 2 heterocycles. The van der Waals surface area contributed by atoms with Gasteiger partial charge in [-0.15, -0.1) is 0 Å². The van der Waals surface area contributed by atoms with Gasteiger partial charge in [0, 0.05) is 42.1 Å². The lowest BCUT2D eigenvalue weighted by molar-refractivity contribution is -0.137. The number of carbonyl (C=O) groups is 1. The molecule has 7 heteroatoms. The highest BCUT2D eigenvalue weighted by molar-refractivity contribution is 5.92. The standard InChI is InChI=1S/C21H20F3N3O/c22-21(23,24)15-4-6-17-14(7-9-26-19(17)11-15)10-20(28)27-16-5-3-13-2-1-8-25-18(13)12-16/h1-2,4,6-8,11,16,26H,3,5,9-10,12H2,(H,27,28). The highest BCUT2D eigenvalue weighted by atomic mass is 19.4. The van der Waals surface area contributed by atoms with E-state index in [1.54, 1.807) is 6.20 Å². The molecule has 28 heavy (non-hydrogen) atoms. The summed E-state index contributed by atoms with van der Waals surface area (Å²) in [4.78, 5) is 16.9. The molecule has 1 aliphatic carbocycles. The summed E-state index contributed by atoms with van der Waals surface area (Å²) < 4.78 is 38.8. The predicted octanol–water partition coefficient (Wildman–Crippen LogP) is 3.97. The Bertz CT molecular complexity index is 937. The van der Waals surface area contributed by atoms with Crippen LogP contribution < -0.4 is 10.6 Å². The van der Waals surface area contributed by atoms with E-state index < -0.39 is 11.7 Å². The van der Waals surface area contributed by atoms with Crippen molar-refractivity contribution >= 4 is 17.2 Å². The number of hydrogen-bond donors (Lipinski definition) is 2. The average molecular weight is 387 g/mol. The smallest absolute Gasteiger partial charge is 0.381 e. The number of aromatic nitrogens is 1. The van der Waals surface area contributed by atoms with Crippen LogP contribution in [0.3, 0.4) is 0 Å². The molecule has 2 aromatic rings. The summed E-state index contributed by atoms with van der Waals surface area (Å²) in [5.74, 6) is -0.122. The molecule has 1 amide bonds. The summed E-state index contributed by atoms with van der Waals surface area (Å²) in [6.45, 7) is 0.400. The number of fused-ring (bicyclic) bond motifs is 2. The van der Waals surface area contributed by atoms with E-state index >= 15 is 0 Å². The number of pyridine rings is 1. The zero-order valence-corrected chi connectivity index (χ0v) is 15.1. The van der Waals surface area contributed by atoms with Gasteiger partial charge in [0.1, 0.15) is 0 Å². The van der Waals surface area contributed by atoms with Crippen LogP contribution >= 0.6 is 0 Å². The second-order valence-electron chi connectivity index (χ2n) is 7.16. The second-order valence-corrected chi connectivity index (χ2v) is 7.16. The van der Waals surface area contributed by atoms with Crippen LogP contribution in [0.5, 0.6) is 0 Å². The minimum Gasteiger partial charge on any atom is -0.381 e. The number of benzene rings is 1. The van der Waals surface area contributed by atoms with E-state index in [2.05, 4.69) is 21.7 Å². The number of nitrogens with one attached hydrogen (secondary N) is 2. The summed E-state index contributed by atoms with van der Waals surface area (Å²) in [5.41, 5.74) is 3.35. The quantitative estimate of drug-likeness (QED) is 0.838. The van der Waals surface area contributed by atoms with Crippen molar-refractivity contribution in [2.75, 3.05) is 11.9 Å². The summed E-state index contributed by atoms with van der Waals surface area (Å²) in [7, 11) is 0. The minimum absolute atomic E-state index is 0.0318. The monoisotopic (exact) mass is 387 g/mol. The van der Waals surface area contributed by atoms with Crippen LogP contribution in [0.2, 0.25) is 0 Å². The second kappa shape index (κ2) is 7.30. The molecule has 0 bridgehead atoms. The first-order valence-electron chi connectivity index (χ1n) is 9.27. The molecule has 2 N–H and O–H groups in total. The molecule has 0 spiro atoms. The Labute approximate surface area is 160 Å². The van der Waals surface area contributed by atoms with Crippen molar-refractivity contribution in [3.05, 3.63) is 65.0 Å². The van der Waals surface area contributed by atoms with Gasteiger partial charge in [0.2, 0.25) is 5.91 Å². The highest BCUT2D eigenvalue weighted by Gasteiger charge is 2.31. The molecule has 4 nitrogen and oxygen atoms in total. The molecule has 1 aromatic heterocycles. The van der Waals surface area contributed by atoms with Crippen molar-refractivity contribution in [3.63, 3.8) is 0 Å². The molecular weight excluding hydrogens is 367 g/mol. The van der Waals surface area contributed by atoms with Crippen LogP contribution in [0.15, 0.2) is 42.6 Å². The average Bonchev–Trinajstić information content (AvgIpc) is 2.67. The molecule has 1 aliphatic heterocycles. The highest BCUT2D eigenvalue weighted by Crippen LogP contribution is 2.36. The van der Waals surface area contributed by atoms with Crippen molar-refractivity contribution in [1.82, 2.24) is 10.3 Å². The van der Waals surface area contributed by atoms with Gasteiger partial charge in [-0.1, -0.05) is 18.2 Å². The van der Waals surface area contributed by atoms with Gasteiger partial charge in [0.05, 0.1) is 12.0 Å². The van der Waals surface area contributed by atoms with Crippen LogP contribution in [-0.2, 0) is 23.8 Å². The largest absolute Gasteiger partial charge is 0.416 e. The van der Waals surface area contributed by atoms with Crippen molar-refractivity contribution in [2.24, 2.45) is 0 Å². The number of carbonyl (C=O) groups excluding carboxylic acids is 1. The third-order valence-electron chi connectivity index (χ3n) is 5.24. The van der Waals surface area contributed by atoms with Crippen molar-refractivity contribution < 1.29 is 18.0 Å². The summed E-state index contributed by atoms with van der Waals surface area (Å²) in [6, 6.07) is 7.61. The van der Waals surface area contributed by atoms with Crippen molar-refractivity contribution in [2.45, 2.75) is 37.9 Å². The number of anilines is 1. The van der Waals surface area contributed by atoms with Crippen LogP contribution in [-0.4, -0.2) is 23.5 Å². The van der Waals surface area contributed by atoms with E-state index in [1.807, 2.05) is 12.1 Å². The summed E-state index contributed by atoms with van der Waals surface area (Å²) >= 11 is 0. The van der Waals surface area contributed by atoms with E-state index in [0.29, 0.717) is 24.2 Å². The molecular formula is C21H20F3N3O. The fourth-order valence-electron chi connectivity index (χ4n) is 3.83. The SMILES string of the molecule is O=C(CC1=CCNc2cc(C(F)(F)F)ccc21)NC1CCc2cccnc2C1. The number of amides is 1. The lowest BCUT2D eigenvalue weighted by Gasteiger charge is -2.25. The Morgan fingerprint density at radius 3 is 2.96 bits per heavy atom. The zero-order chi connectivity index (χ0) is 19.7. The third-order valence-corrected chi connectivity index (χ3v) is 5.24. The maximum absolute atomic E-state index is 12.9. The first-order valence-corrected chi connectivity index (χ1v) is 9.27. The fourth-order valence-corrected chi connectivity index (χ4v) is 3.83. The topological polar surface area (TPSA) is 54.0 Å². The number of hydrogen-bond acceptors (Lipinski definition) is 3. The van der Waals surface area contributed by atoms with Crippen LogP contribution in [0, 0.1) is 0 Å². The van der Waals surface area contributed by atoms with Crippen LogP contribution in [0.1, 0.15) is 35.2 Å². The molecule has 146 valence electrons. The molecule has 1 atom stereocenters. The summed E-state index contributed by atoms with van der Waals surface area (Å²) in [6.07, 6.45) is 1.81. The molecule has 4 rings (SSSR count). The van der Waals surface area contributed by atoms with Gasteiger partial charge in [-0.3, -0.25) is 9.78 Å². The Hall–Kier alpha value is -2.83. The number of rotatable bonds is 3. The number of nitrogens with zero attached hydrogens (tertiary/aromatic N) is 1. The van der Waals surface area contributed by atoms with Crippen LogP contribution in [0.4, 0.5) is 18.9 Å². The first kappa shape index (κ1) is 18.5. The minimum atomic E-state index is -4.39. The van der Waals surface area contributed by atoms with Gasteiger partial charge >= 0.3 is 6.18 Å². The van der Waals surface area contributed by atoms with Gasteiger partial charge in [-0.05, 0) is 42.2 Å². The zero-order valence-electron chi connectivity index (χ0n) is 15.1. The van der Waals surface area contributed by atoms with Gasteiger partial charge in [0.15, 0.2) is 0 Å². The first-order chi connectivity index (χ1) is 13.4. The van der Waals surface area contributed by atoms with Crippen molar-refractivity contribution in [1.29, 1.82) is 0 Å². The molecule has 0 fully saturated rings. The number of halogens is 3. The lowest BCUT2D eigenvalue weighted by Crippen LogP contribution is -2.39. The van der Waals surface area contributed by atoms with E-state index in [9.17, 15) is 18.0 Å². The van der Waals surface area contributed by atoms with E-state index in [0.717, 1.165) is 36.2 Å². The Morgan fingerprint density at radius 1 is 1.29 bits per heavy atom. The number of aryl methyl sites for hydroxylation is 1. The molecule has 0 radical (unpaired) electrons. The van der Waals surface area contributed by atoms with Gasteiger partial charge in [-0.25, -0.2) is 0 Å². The maximum atomic E-state index is 12.9. The fraction of sp³-hybridized carbons (Fsp3) is 0.333. The molecule has 0 saturated heterocycles. The van der Waals surface area contributed by atoms with Crippen molar-refractivity contribution in [3.8, 4) is 0 Å². The van der Waals surface area contributed by atoms with E-state index in [-0.39, 0.29) is 18.4 Å². The van der Waals surface area contributed by atoms with Gasteiger partial charge in [-0.2, -0.15) is 13.2 Å². The Morgan fingerprint density at radius 2 is 2.14 bits per heavy atom. The molecule has 1 unspecified atom stereocenters. The van der Waals surface area contributed by atoms with Gasteiger partial charge < -0.3 is 10.6 Å². The molecule has 1 aromatic carbocycles. The summed E-state index contributed by atoms with van der Waals surface area (Å²) in [5, 5.41) is 6.01. The van der Waals surface area contributed by atoms with Gasteiger partial charge in [0.25, 0.3) is 0 Å². The molecule has 0 saturated carbocycles. The lowest BCUT2D eigenvalue weighted by atomic mass is 9.91. The van der Waals surface area contributed by atoms with Crippen LogP contribution in [0.25, 0.3) is 5.57 Å². The van der Waals surface area contributed by atoms with E-state index in [4.69, 9.17) is 0 Å². The van der Waals surface area contributed by atoms with E-state index in [1.165, 1.54) is 11.6 Å².